The fourth-order valence-electron chi connectivity index (χ4n) is 2.66. The van der Waals surface area contributed by atoms with Crippen LogP contribution in [0.4, 0.5) is 0 Å². The third kappa shape index (κ3) is 1.79. The highest BCUT2D eigenvalue weighted by Crippen LogP contribution is 2.35. The quantitative estimate of drug-likeness (QED) is 0.578. The van der Waals surface area contributed by atoms with E-state index in [1.165, 1.54) is 38.2 Å². The lowest BCUT2D eigenvalue weighted by Crippen LogP contribution is -2.37. The normalized spacial score (nSPS) is 28.4. The molecule has 0 saturated carbocycles. The van der Waals surface area contributed by atoms with E-state index in [0.717, 1.165) is 6.54 Å². The van der Waals surface area contributed by atoms with Crippen LogP contribution in [-0.4, -0.2) is 30.4 Å². The molecule has 2 aliphatic rings. The zero-order valence-electron chi connectivity index (χ0n) is 9.71. The van der Waals surface area contributed by atoms with Crippen molar-refractivity contribution in [1.82, 2.24) is 4.90 Å². The van der Waals surface area contributed by atoms with Gasteiger partial charge in [-0.05, 0) is 18.3 Å². The third-order valence-electron chi connectivity index (χ3n) is 3.50. The van der Waals surface area contributed by atoms with E-state index in [-0.39, 0.29) is 0 Å². The molecule has 1 atom stereocenters. The molecule has 0 aliphatic carbocycles. The Labute approximate surface area is 87.4 Å². The lowest BCUT2D eigenvalue weighted by atomic mass is 9.77. The smallest absolute Gasteiger partial charge is 0.103 e. The van der Waals surface area contributed by atoms with E-state index < -0.39 is 0 Å². The first-order valence-electron chi connectivity index (χ1n) is 5.88. The molecule has 1 fully saturated rings. The van der Waals surface area contributed by atoms with Gasteiger partial charge < -0.3 is 4.90 Å². The van der Waals surface area contributed by atoms with Crippen LogP contribution < -0.4 is 0 Å². The fraction of sp³-hybridized carbons (Fsp3) is 0.917. The van der Waals surface area contributed by atoms with Crippen LogP contribution in [-0.2, 0) is 0 Å². The zero-order valence-corrected chi connectivity index (χ0v) is 9.71. The van der Waals surface area contributed by atoms with Gasteiger partial charge in [-0.3, -0.25) is 4.99 Å². The lowest BCUT2D eigenvalue weighted by molar-refractivity contribution is 0.286. The van der Waals surface area contributed by atoms with E-state index in [4.69, 9.17) is 4.99 Å². The Balaban J connectivity index is 2.21. The highest BCUT2D eigenvalue weighted by Gasteiger charge is 2.35. The highest BCUT2D eigenvalue weighted by atomic mass is 15.2. The fourth-order valence-corrected chi connectivity index (χ4v) is 2.66. The minimum atomic E-state index is 0.381. The molecule has 0 amide bonds. The van der Waals surface area contributed by atoms with Crippen molar-refractivity contribution in [2.75, 3.05) is 19.6 Å². The van der Waals surface area contributed by atoms with E-state index in [1.807, 2.05) is 0 Å². The molecule has 2 heteroatoms. The highest BCUT2D eigenvalue weighted by molar-refractivity contribution is 5.86. The Morgan fingerprint density at radius 3 is 2.71 bits per heavy atom. The van der Waals surface area contributed by atoms with Gasteiger partial charge in [0.2, 0.25) is 0 Å². The van der Waals surface area contributed by atoms with Crippen molar-refractivity contribution < 1.29 is 0 Å². The summed E-state index contributed by atoms with van der Waals surface area (Å²) in [7, 11) is 0. The summed E-state index contributed by atoms with van der Waals surface area (Å²) >= 11 is 0. The molecule has 0 aromatic carbocycles. The third-order valence-corrected chi connectivity index (χ3v) is 3.50. The molecule has 1 saturated heterocycles. The van der Waals surface area contributed by atoms with E-state index in [0.29, 0.717) is 11.3 Å². The Morgan fingerprint density at radius 1 is 1.21 bits per heavy atom. The molecule has 0 bridgehead atoms. The summed E-state index contributed by atoms with van der Waals surface area (Å²) < 4.78 is 0. The van der Waals surface area contributed by atoms with Gasteiger partial charge in [0.25, 0.3) is 0 Å². The standard InChI is InChI=1S/C12H22N2/c1-12(2,3)10-6-4-5-8-14-9-7-13-11(10)14/h10H,4-9H2,1-3H3. The second-order valence-corrected chi connectivity index (χ2v) is 5.64. The van der Waals surface area contributed by atoms with Crippen LogP contribution in [0.15, 0.2) is 4.99 Å². The molecule has 0 radical (unpaired) electrons. The monoisotopic (exact) mass is 194 g/mol. The van der Waals surface area contributed by atoms with Gasteiger partial charge in [-0.1, -0.05) is 27.2 Å². The Morgan fingerprint density at radius 2 is 2.00 bits per heavy atom. The molecule has 80 valence electrons. The van der Waals surface area contributed by atoms with Crippen LogP contribution in [0.25, 0.3) is 0 Å². The van der Waals surface area contributed by atoms with Crippen molar-refractivity contribution >= 4 is 5.84 Å². The number of rotatable bonds is 0. The number of nitrogens with zero attached hydrogens (tertiary/aromatic N) is 2. The molecule has 0 aromatic heterocycles. The van der Waals surface area contributed by atoms with Crippen molar-refractivity contribution in [3.8, 4) is 0 Å². The molecule has 2 rings (SSSR count). The molecule has 0 N–H and O–H groups in total. The number of hydrogen-bond acceptors (Lipinski definition) is 2. The number of fused-ring (bicyclic) bond motifs is 1. The van der Waals surface area contributed by atoms with Gasteiger partial charge >= 0.3 is 0 Å². The van der Waals surface area contributed by atoms with Crippen LogP contribution in [0, 0.1) is 11.3 Å². The van der Waals surface area contributed by atoms with Crippen molar-refractivity contribution in [2.24, 2.45) is 16.3 Å². The molecular weight excluding hydrogens is 172 g/mol. The predicted octanol–water partition coefficient (Wildman–Crippen LogP) is 2.55. The van der Waals surface area contributed by atoms with Crippen molar-refractivity contribution in [1.29, 1.82) is 0 Å². The SMILES string of the molecule is CC(C)(C)C1CCCCN2CCN=C12. The average Bonchev–Trinajstić information content (AvgIpc) is 2.42. The van der Waals surface area contributed by atoms with Crippen LogP contribution in [0.5, 0.6) is 0 Å². The van der Waals surface area contributed by atoms with Crippen LogP contribution in [0.2, 0.25) is 0 Å². The summed E-state index contributed by atoms with van der Waals surface area (Å²) in [5, 5.41) is 0. The van der Waals surface area contributed by atoms with E-state index in [1.54, 1.807) is 0 Å². The maximum atomic E-state index is 4.71. The van der Waals surface area contributed by atoms with Gasteiger partial charge in [0.15, 0.2) is 0 Å². The van der Waals surface area contributed by atoms with E-state index in [9.17, 15) is 0 Å². The first kappa shape index (κ1) is 10.0. The summed E-state index contributed by atoms with van der Waals surface area (Å²) in [5.74, 6) is 2.10. The lowest BCUT2D eigenvalue weighted by Gasteiger charge is -2.32. The second kappa shape index (κ2) is 3.56. The van der Waals surface area contributed by atoms with Crippen LogP contribution in [0.1, 0.15) is 40.0 Å². The summed E-state index contributed by atoms with van der Waals surface area (Å²) in [4.78, 5) is 7.22. The molecule has 2 aliphatic heterocycles. The average molecular weight is 194 g/mol. The Hall–Kier alpha value is -0.530. The predicted molar refractivity (Wildman–Crippen MR) is 60.7 cm³/mol. The van der Waals surface area contributed by atoms with Crippen LogP contribution in [0.3, 0.4) is 0 Å². The minimum absolute atomic E-state index is 0.381. The first-order valence-corrected chi connectivity index (χ1v) is 5.88. The minimum Gasteiger partial charge on any atom is -0.358 e. The van der Waals surface area contributed by atoms with Gasteiger partial charge in [-0.2, -0.15) is 0 Å². The summed E-state index contributed by atoms with van der Waals surface area (Å²) in [6.07, 6.45) is 4.06. The van der Waals surface area contributed by atoms with Crippen molar-refractivity contribution in [2.45, 2.75) is 40.0 Å². The van der Waals surface area contributed by atoms with Gasteiger partial charge in [0.1, 0.15) is 5.84 Å². The van der Waals surface area contributed by atoms with E-state index in [2.05, 4.69) is 25.7 Å². The maximum Gasteiger partial charge on any atom is 0.103 e. The number of hydrogen-bond donors (Lipinski definition) is 0. The summed E-state index contributed by atoms with van der Waals surface area (Å²) in [6.45, 7) is 10.5. The Bertz CT molecular complexity index is 237. The van der Waals surface area contributed by atoms with Crippen molar-refractivity contribution in [3.63, 3.8) is 0 Å². The topological polar surface area (TPSA) is 15.6 Å². The molecule has 2 nitrogen and oxygen atoms in total. The van der Waals surface area contributed by atoms with Crippen molar-refractivity contribution in [3.05, 3.63) is 0 Å². The molecular formula is C12H22N2. The second-order valence-electron chi connectivity index (χ2n) is 5.64. The van der Waals surface area contributed by atoms with Gasteiger partial charge in [0, 0.05) is 19.0 Å². The van der Waals surface area contributed by atoms with Gasteiger partial charge in [-0.15, -0.1) is 0 Å². The first-order chi connectivity index (χ1) is 6.59. The largest absolute Gasteiger partial charge is 0.358 e. The Kier molecular flexibility index (Phi) is 2.54. The molecule has 0 spiro atoms. The van der Waals surface area contributed by atoms with Crippen LogP contribution >= 0.6 is 0 Å². The van der Waals surface area contributed by atoms with E-state index >= 15 is 0 Å². The number of aliphatic imine (C=N–C) groups is 1. The summed E-state index contributed by atoms with van der Waals surface area (Å²) in [6, 6.07) is 0. The van der Waals surface area contributed by atoms with Gasteiger partial charge in [0.05, 0.1) is 6.54 Å². The number of amidine groups is 1. The molecule has 14 heavy (non-hydrogen) atoms. The molecule has 0 aromatic rings. The zero-order chi connectivity index (χ0) is 10.2. The van der Waals surface area contributed by atoms with Gasteiger partial charge in [-0.25, -0.2) is 0 Å². The molecule has 1 unspecified atom stereocenters. The maximum absolute atomic E-state index is 4.71. The molecule has 2 heterocycles. The summed E-state index contributed by atoms with van der Waals surface area (Å²) in [5.41, 5.74) is 0.381.